The van der Waals surface area contributed by atoms with E-state index in [1.54, 1.807) is 12.1 Å². The number of carbonyl (C=O) groups is 1. The van der Waals surface area contributed by atoms with E-state index in [0.717, 1.165) is 6.08 Å². The molecule has 7 nitrogen and oxygen atoms in total. The van der Waals surface area contributed by atoms with Crippen LogP contribution in [0.4, 0.5) is 5.69 Å². The van der Waals surface area contributed by atoms with Crippen LogP contribution in [0, 0.1) is 10.1 Å². The number of carboxylic acid groups (broad SMARTS) is 1. The van der Waals surface area contributed by atoms with Gasteiger partial charge in [0, 0.05) is 18.2 Å². The average Bonchev–Trinajstić information content (AvgIpc) is 2.93. The van der Waals surface area contributed by atoms with Gasteiger partial charge < -0.3 is 14.3 Å². The van der Waals surface area contributed by atoms with E-state index in [0.29, 0.717) is 22.8 Å². The van der Waals surface area contributed by atoms with E-state index < -0.39 is 10.9 Å². The Morgan fingerprint density at radius 3 is 2.76 bits per heavy atom. The Kier molecular flexibility index (Phi) is 4.03. The number of nitrogens with zero attached hydrogens (tertiary/aromatic N) is 1. The fraction of sp³-hybridized carbons (Fsp3) is 0.0714. The number of hydrogen-bond donors (Lipinski definition) is 1. The van der Waals surface area contributed by atoms with Crippen LogP contribution in [0.3, 0.4) is 0 Å². The van der Waals surface area contributed by atoms with Crippen LogP contribution >= 0.6 is 0 Å². The Bertz CT molecular complexity index is 716. The van der Waals surface area contributed by atoms with Crippen molar-refractivity contribution >= 4 is 17.7 Å². The molecule has 0 aliphatic heterocycles. The minimum absolute atomic E-state index is 0.0928. The molecule has 108 valence electrons. The SMILES string of the molecule is COc1ccc([N+](=O)[O-])cc1-c1ccc(/C=C/C(=O)O)o1. The fourth-order valence-electron chi connectivity index (χ4n) is 1.74. The molecular weight excluding hydrogens is 278 g/mol. The number of nitro benzene ring substituents is 1. The summed E-state index contributed by atoms with van der Waals surface area (Å²) in [6, 6.07) is 7.29. The minimum atomic E-state index is -1.10. The largest absolute Gasteiger partial charge is 0.496 e. The molecule has 0 aliphatic carbocycles. The van der Waals surface area contributed by atoms with Crippen LogP contribution in [0.5, 0.6) is 5.75 Å². The van der Waals surface area contributed by atoms with Crippen molar-refractivity contribution in [3.63, 3.8) is 0 Å². The lowest BCUT2D eigenvalue weighted by molar-refractivity contribution is -0.384. The van der Waals surface area contributed by atoms with Gasteiger partial charge in [-0.1, -0.05) is 0 Å². The zero-order valence-corrected chi connectivity index (χ0v) is 11.0. The Morgan fingerprint density at radius 2 is 2.14 bits per heavy atom. The van der Waals surface area contributed by atoms with Crippen LogP contribution in [0.2, 0.25) is 0 Å². The number of benzene rings is 1. The summed E-state index contributed by atoms with van der Waals surface area (Å²) < 4.78 is 10.6. The summed E-state index contributed by atoms with van der Waals surface area (Å²) >= 11 is 0. The van der Waals surface area contributed by atoms with Gasteiger partial charge in [-0.25, -0.2) is 4.79 Å². The van der Waals surface area contributed by atoms with Crippen molar-refractivity contribution in [1.82, 2.24) is 0 Å². The van der Waals surface area contributed by atoms with Crippen molar-refractivity contribution in [3.8, 4) is 17.1 Å². The van der Waals surface area contributed by atoms with Crippen LogP contribution in [0.15, 0.2) is 40.8 Å². The van der Waals surface area contributed by atoms with Gasteiger partial charge in [0.05, 0.1) is 17.6 Å². The van der Waals surface area contributed by atoms with Gasteiger partial charge in [-0.05, 0) is 24.3 Å². The molecule has 7 heteroatoms. The van der Waals surface area contributed by atoms with Gasteiger partial charge >= 0.3 is 5.97 Å². The standard InChI is InChI=1S/C14H11NO6/c1-20-12-5-2-9(15(18)19)8-11(12)13-6-3-10(21-13)4-7-14(16)17/h2-8H,1H3,(H,16,17)/b7-4+. The first kappa shape index (κ1) is 14.3. The third kappa shape index (κ3) is 3.27. The van der Waals surface area contributed by atoms with Gasteiger partial charge in [0.25, 0.3) is 5.69 Å². The highest BCUT2D eigenvalue weighted by molar-refractivity contribution is 5.85. The molecule has 1 N–H and O–H groups in total. The predicted octanol–water partition coefficient (Wildman–Crippen LogP) is 2.96. The lowest BCUT2D eigenvalue weighted by atomic mass is 10.1. The molecule has 1 aromatic heterocycles. The molecule has 1 heterocycles. The predicted molar refractivity (Wildman–Crippen MR) is 74.0 cm³/mol. The highest BCUT2D eigenvalue weighted by Crippen LogP contribution is 2.34. The Balaban J connectivity index is 2.43. The molecule has 0 atom stereocenters. The van der Waals surface area contributed by atoms with E-state index in [9.17, 15) is 14.9 Å². The number of rotatable bonds is 5. The second kappa shape index (κ2) is 5.91. The van der Waals surface area contributed by atoms with Crippen LogP contribution < -0.4 is 4.74 Å². The molecule has 0 saturated carbocycles. The van der Waals surface area contributed by atoms with Gasteiger partial charge in [-0.15, -0.1) is 0 Å². The van der Waals surface area contributed by atoms with E-state index in [1.165, 1.54) is 31.4 Å². The van der Waals surface area contributed by atoms with Crippen LogP contribution in [0.25, 0.3) is 17.4 Å². The molecule has 0 unspecified atom stereocenters. The van der Waals surface area contributed by atoms with Crippen molar-refractivity contribution in [3.05, 3.63) is 52.3 Å². The Morgan fingerprint density at radius 1 is 1.38 bits per heavy atom. The monoisotopic (exact) mass is 289 g/mol. The normalized spacial score (nSPS) is 10.7. The summed E-state index contributed by atoms with van der Waals surface area (Å²) in [6.07, 6.45) is 2.23. The maximum absolute atomic E-state index is 10.8. The summed E-state index contributed by atoms with van der Waals surface area (Å²) in [6.45, 7) is 0. The van der Waals surface area contributed by atoms with Crippen molar-refractivity contribution in [2.75, 3.05) is 7.11 Å². The minimum Gasteiger partial charge on any atom is -0.496 e. The van der Waals surface area contributed by atoms with Crippen LogP contribution in [-0.2, 0) is 4.79 Å². The number of carboxylic acids is 1. The van der Waals surface area contributed by atoms with Crippen LogP contribution in [-0.4, -0.2) is 23.1 Å². The van der Waals surface area contributed by atoms with Gasteiger partial charge in [-0.2, -0.15) is 0 Å². The second-order valence-corrected chi connectivity index (χ2v) is 4.02. The van der Waals surface area contributed by atoms with Crippen molar-refractivity contribution < 1.29 is 24.0 Å². The first-order valence-corrected chi connectivity index (χ1v) is 5.85. The van der Waals surface area contributed by atoms with E-state index in [4.69, 9.17) is 14.3 Å². The van der Waals surface area contributed by atoms with Gasteiger partial charge in [0.2, 0.25) is 0 Å². The Hall–Kier alpha value is -3.09. The topological polar surface area (TPSA) is 103 Å². The second-order valence-electron chi connectivity index (χ2n) is 4.02. The number of methoxy groups -OCH3 is 1. The summed E-state index contributed by atoms with van der Waals surface area (Å²) in [5.41, 5.74) is 0.325. The molecule has 2 aromatic rings. The summed E-state index contributed by atoms with van der Waals surface area (Å²) in [5.74, 6) is -0.00820. The van der Waals surface area contributed by atoms with Gasteiger partial charge in [-0.3, -0.25) is 10.1 Å². The molecule has 0 amide bonds. The molecular formula is C14H11NO6. The molecule has 0 fully saturated rings. The highest BCUT2D eigenvalue weighted by atomic mass is 16.6. The van der Waals surface area contributed by atoms with E-state index in [2.05, 4.69) is 0 Å². The average molecular weight is 289 g/mol. The summed E-state index contributed by atoms with van der Waals surface area (Å²) in [5, 5.41) is 19.4. The van der Waals surface area contributed by atoms with Gasteiger partial charge in [0.15, 0.2) is 0 Å². The third-order valence-electron chi connectivity index (χ3n) is 2.68. The van der Waals surface area contributed by atoms with E-state index >= 15 is 0 Å². The molecule has 0 bridgehead atoms. The smallest absolute Gasteiger partial charge is 0.328 e. The first-order chi connectivity index (χ1) is 10.0. The lowest BCUT2D eigenvalue weighted by Gasteiger charge is -2.05. The number of hydrogen-bond acceptors (Lipinski definition) is 5. The summed E-state index contributed by atoms with van der Waals surface area (Å²) in [4.78, 5) is 20.8. The quantitative estimate of drug-likeness (QED) is 0.515. The lowest BCUT2D eigenvalue weighted by Crippen LogP contribution is -1.91. The van der Waals surface area contributed by atoms with Gasteiger partial charge in [0.1, 0.15) is 17.3 Å². The third-order valence-corrected chi connectivity index (χ3v) is 2.68. The maximum atomic E-state index is 10.8. The van der Waals surface area contributed by atoms with Crippen molar-refractivity contribution in [2.24, 2.45) is 0 Å². The number of nitro groups is 1. The van der Waals surface area contributed by atoms with Crippen molar-refractivity contribution in [2.45, 2.75) is 0 Å². The molecule has 1 aromatic carbocycles. The van der Waals surface area contributed by atoms with E-state index in [1.807, 2.05) is 0 Å². The number of aliphatic carboxylic acids is 1. The highest BCUT2D eigenvalue weighted by Gasteiger charge is 2.15. The molecule has 0 saturated heterocycles. The molecule has 0 spiro atoms. The van der Waals surface area contributed by atoms with Crippen LogP contribution in [0.1, 0.15) is 5.76 Å². The molecule has 0 radical (unpaired) electrons. The zero-order chi connectivity index (χ0) is 15.4. The fourth-order valence-corrected chi connectivity index (χ4v) is 1.74. The zero-order valence-electron chi connectivity index (χ0n) is 11.0. The first-order valence-electron chi connectivity index (χ1n) is 5.85. The number of furan rings is 1. The molecule has 0 aliphatic rings. The molecule has 2 rings (SSSR count). The van der Waals surface area contributed by atoms with E-state index in [-0.39, 0.29) is 5.69 Å². The Labute approximate surface area is 119 Å². The number of ether oxygens (including phenoxy) is 1. The summed E-state index contributed by atoms with van der Waals surface area (Å²) in [7, 11) is 1.44. The van der Waals surface area contributed by atoms with Crippen molar-refractivity contribution in [1.29, 1.82) is 0 Å². The molecule has 21 heavy (non-hydrogen) atoms. The maximum Gasteiger partial charge on any atom is 0.328 e. The number of non-ortho nitro benzene ring substituents is 1.